The van der Waals surface area contributed by atoms with E-state index in [-0.39, 0.29) is 16.4 Å². The summed E-state index contributed by atoms with van der Waals surface area (Å²) in [5.74, 6) is -0.398. The smallest absolute Gasteiger partial charge is 0.356 e. The van der Waals surface area contributed by atoms with Gasteiger partial charge in [-0.15, -0.1) is 0 Å². The first-order valence-corrected chi connectivity index (χ1v) is 7.25. The molecule has 0 unspecified atom stereocenters. The number of hydrogen-bond acceptors (Lipinski definition) is 6. The van der Waals surface area contributed by atoms with Gasteiger partial charge in [0.1, 0.15) is 4.88 Å². The van der Waals surface area contributed by atoms with Crippen LogP contribution in [-0.2, 0) is 0 Å². The largest absolute Gasteiger partial charge is 0.476 e. The van der Waals surface area contributed by atoms with Crippen molar-refractivity contribution in [2.24, 2.45) is 0 Å². The van der Waals surface area contributed by atoms with Crippen molar-refractivity contribution in [3.05, 3.63) is 10.6 Å². The average Bonchev–Trinajstić information content (AvgIpc) is 2.69. The summed E-state index contributed by atoms with van der Waals surface area (Å²) >= 11 is 2.84. The Balaban J connectivity index is 2.71. The molecule has 2 N–H and O–H groups in total. The minimum absolute atomic E-state index is 0.158. The van der Waals surface area contributed by atoms with E-state index in [0.29, 0.717) is 5.13 Å². The van der Waals surface area contributed by atoms with E-state index in [1.54, 1.807) is 11.8 Å². The number of aromatic nitrogens is 1. The number of anilines is 1. The molecule has 0 spiro atoms. The Bertz CT molecular complexity index is 386. The fraction of sp³-hybridized carbons (Fsp3) is 0.500. The van der Waals surface area contributed by atoms with Crippen LogP contribution in [0, 0.1) is 0 Å². The van der Waals surface area contributed by atoms with Crippen LogP contribution in [0.5, 0.6) is 0 Å². The Kier molecular flexibility index (Phi) is 5.43. The number of hydrogen-bond donors (Lipinski definition) is 2. The van der Waals surface area contributed by atoms with Crippen LogP contribution in [0.15, 0.2) is 0 Å². The Labute approximate surface area is 108 Å². The van der Waals surface area contributed by atoms with Crippen molar-refractivity contribution in [3.8, 4) is 0 Å². The van der Waals surface area contributed by atoms with Crippen LogP contribution in [0.4, 0.5) is 5.13 Å². The number of nitrogens with one attached hydrogen (secondary N) is 1. The molecule has 0 radical (unpaired) electrons. The monoisotopic (exact) mass is 274 g/mol. The van der Waals surface area contributed by atoms with Gasteiger partial charge in [-0.2, -0.15) is 11.8 Å². The quantitative estimate of drug-likeness (QED) is 0.586. The first-order chi connectivity index (χ1) is 8.06. The van der Waals surface area contributed by atoms with Crippen molar-refractivity contribution in [1.82, 2.24) is 4.98 Å². The summed E-state index contributed by atoms with van der Waals surface area (Å²) in [6, 6.07) is 0. The first-order valence-electron chi connectivity index (χ1n) is 5.04. The molecular formula is C10H14N2O3S2. The highest BCUT2D eigenvalue weighted by molar-refractivity contribution is 7.98. The third-order valence-electron chi connectivity index (χ3n) is 1.95. The number of carboxylic acid groups (broad SMARTS) is 1. The van der Waals surface area contributed by atoms with Crippen molar-refractivity contribution < 1.29 is 14.7 Å². The van der Waals surface area contributed by atoms with Crippen molar-refractivity contribution in [1.29, 1.82) is 0 Å². The SMILES string of the molecule is CSCCCNc1nc(C(=O)O)c(C(C)=O)s1. The lowest BCUT2D eigenvalue weighted by atomic mass is 10.3. The second kappa shape index (κ2) is 6.61. The van der Waals surface area contributed by atoms with Gasteiger partial charge in [-0.05, 0) is 18.4 Å². The van der Waals surface area contributed by atoms with E-state index in [1.807, 2.05) is 6.26 Å². The summed E-state index contributed by atoms with van der Waals surface area (Å²) < 4.78 is 0. The Morgan fingerprint density at radius 1 is 1.53 bits per heavy atom. The van der Waals surface area contributed by atoms with Crippen LogP contribution < -0.4 is 5.32 Å². The molecule has 1 aromatic heterocycles. The maximum Gasteiger partial charge on any atom is 0.356 e. The number of ketones is 1. The molecule has 0 saturated heterocycles. The van der Waals surface area contributed by atoms with Gasteiger partial charge in [-0.1, -0.05) is 11.3 Å². The van der Waals surface area contributed by atoms with Crippen LogP contribution in [0.2, 0.25) is 0 Å². The van der Waals surface area contributed by atoms with E-state index in [0.717, 1.165) is 30.1 Å². The highest BCUT2D eigenvalue weighted by Crippen LogP contribution is 2.23. The van der Waals surface area contributed by atoms with Crippen LogP contribution in [0.25, 0.3) is 0 Å². The van der Waals surface area contributed by atoms with Crippen LogP contribution in [0.3, 0.4) is 0 Å². The zero-order chi connectivity index (χ0) is 12.8. The molecule has 7 heteroatoms. The summed E-state index contributed by atoms with van der Waals surface area (Å²) in [7, 11) is 0. The summed E-state index contributed by atoms with van der Waals surface area (Å²) in [4.78, 5) is 26.2. The normalized spacial score (nSPS) is 10.2. The van der Waals surface area contributed by atoms with Crippen LogP contribution >= 0.6 is 23.1 Å². The molecule has 1 rings (SSSR count). The van der Waals surface area contributed by atoms with Crippen LogP contribution in [-0.4, -0.2) is 40.4 Å². The van der Waals surface area contributed by atoms with E-state index in [2.05, 4.69) is 10.3 Å². The molecule has 0 atom stereocenters. The molecule has 0 aromatic carbocycles. The van der Waals surface area contributed by atoms with Gasteiger partial charge in [-0.25, -0.2) is 9.78 Å². The zero-order valence-electron chi connectivity index (χ0n) is 9.65. The predicted molar refractivity (Wildman–Crippen MR) is 70.6 cm³/mol. The Morgan fingerprint density at radius 2 is 2.24 bits per heavy atom. The Hall–Kier alpha value is -1.08. The number of thioether (sulfide) groups is 1. The standard InChI is InChI=1S/C10H14N2O3S2/c1-6(13)8-7(9(14)15)12-10(17-8)11-4-3-5-16-2/h3-5H2,1-2H3,(H,11,12)(H,14,15). The predicted octanol–water partition coefficient (Wildman–Crippen LogP) is 2.21. The van der Waals surface area contributed by atoms with E-state index in [4.69, 9.17) is 5.11 Å². The van der Waals surface area contributed by atoms with Crippen molar-refractivity contribution in [3.63, 3.8) is 0 Å². The lowest BCUT2D eigenvalue weighted by molar-refractivity contribution is 0.0687. The van der Waals surface area contributed by atoms with Crippen molar-refractivity contribution >= 4 is 40.0 Å². The van der Waals surface area contributed by atoms with Gasteiger partial charge in [0, 0.05) is 13.5 Å². The summed E-state index contributed by atoms with van der Waals surface area (Å²) in [5.41, 5.74) is -0.158. The molecule has 1 heterocycles. The molecule has 0 fully saturated rings. The number of nitrogens with zero attached hydrogens (tertiary/aromatic N) is 1. The third kappa shape index (κ3) is 4.01. The molecule has 0 bridgehead atoms. The molecule has 94 valence electrons. The second-order valence-electron chi connectivity index (χ2n) is 3.33. The van der Waals surface area contributed by atoms with E-state index >= 15 is 0 Å². The van der Waals surface area contributed by atoms with Gasteiger partial charge >= 0.3 is 5.97 Å². The number of carbonyl (C=O) groups excluding carboxylic acids is 1. The summed E-state index contributed by atoms with van der Waals surface area (Å²) in [6.07, 6.45) is 3.00. The van der Waals surface area contributed by atoms with Crippen LogP contribution in [0.1, 0.15) is 33.5 Å². The molecule has 0 saturated carbocycles. The van der Waals surface area contributed by atoms with Gasteiger partial charge in [0.15, 0.2) is 16.6 Å². The van der Waals surface area contributed by atoms with Crippen molar-refractivity contribution in [2.75, 3.05) is 23.9 Å². The molecular weight excluding hydrogens is 260 g/mol. The highest BCUT2D eigenvalue weighted by Gasteiger charge is 2.20. The summed E-state index contributed by atoms with van der Waals surface area (Å²) in [6.45, 7) is 2.07. The molecule has 0 amide bonds. The number of aromatic carboxylic acids is 1. The summed E-state index contributed by atoms with van der Waals surface area (Å²) in [5, 5.41) is 12.4. The number of carbonyl (C=O) groups is 2. The lowest BCUT2D eigenvalue weighted by Gasteiger charge is -1.99. The topological polar surface area (TPSA) is 79.3 Å². The van der Waals surface area contributed by atoms with E-state index in [1.165, 1.54) is 6.92 Å². The Morgan fingerprint density at radius 3 is 2.71 bits per heavy atom. The van der Waals surface area contributed by atoms with E-state index in [9.17, 15) is 9.59 Å². The van der Waals surface area contributed by atoms with Gasteiger partial charge in [0.05, 0.1) is 0 Å². The lowest BCUT2D eigenvalue weighted by Crippen LogP contribution is -2.05. The minimum atomic E-state index is -1.16. The molecule has 0 aliphatic carbocycles. The fourth-order valence-corrected chi connectivity index (χ4v) is 2.50. The van der Waals surface area contributed by atoms with E-state index < -0.39 is 5.97 Å². The van der Waals surface area contributed by atoms with Gasteiger partial charge in [0.2, 0.25) is 0 Å². The zero-order valence-corrected chi connectivity index (χ0v) is 11.3. The molecule has 1 aromatic rings. The maximum absolute atomic E-state index is 11.2. The number of rotatable bonds is 7. The number of Topliss-reactive ketones (excluding diaryl/α,β-unsaturated/α-hetero) is 1. The first kappa shape index (κ1) is 14.0. The van der Waals surface area contributed by atoms with Gasteiger partial charge < -0.3 is 10.4 Å². The number of thiazole rings is 1. The molecule has 5 nitrogen and oxygen atoms in total. The minimum Gasteiger partial charge on any atom is -0.476 e. The maximum atomic E-state index is 11.2. The molecule has 0 aliphatic rings. The van der Waals surface area contributed by atoms with Gasteiger partial charge in [0.25, 0.3) is 0 Å². The van der Waals surface area contributed by atoms with Gasteiger partial charge in [-0.3, -0.25) is 4.79 Å². The fourth-order valence-electron chi connectivity index (χ4n) is 1.19. The highest BCUT2D eigenvalue weighted by atomic mass is 32.2. The third-order valence-corrected chi connectivity index (χ3v) is 3.76. The number of carboxylic acids is 1. The van der Waals surface area contributed by atoms with Crippen molar-refractivity contribution in [2.45, 2.75) is 13.3 Å². The average molecular weight is 274 g/mol. The second-order valence-corrected chi connectivity index (χ2v) is 5.32. The molecule has 17 heavy (non-hydrogen) atoms. The molecule has 0 aliphatic heterocycles.